The lowest BCUT2D eigenvalue weighted by Gasteiger charge is -2.00. The predicted octanol–water partition coefficient (Wildman–Crippen LogP) is 0.258. The summed E-state index contributed by atoms with van der Waals surface area (Å²) in [6.07, 6.45) is -0.604. The third-order valence-corrected chi connectivity index (χ3v) is 1.28. The summed E-state index contributed by atoms with van der Waals surface area (Å²) in [5.41, 5.74) is -0.835. The van der Waals surface area contributed by atoms with Gasteiger partial charge >= 0.3 is 11.9 Å². The van der Waals surface area contributed by atoms with Gasteiger partial charge in [-0.3, -0.25) is 4.79 Å². The Morgan fingerprint density at radius 3 is 2.21 bits per heavy atom. The summed E-state index contributed by atoms with van der Waals surface area (Å²) in [6, 6.07) is 0. The van der Waals surface area contributed by atoms with Crippen LogP contribution in [-0.2, 0) is 19.1 Å². The van der Waals surface area contributed by atoms with Crippen LogP contribution in [0.5, 0.6) is 0 Å². The number of nitrogens with zero attached hydrogens (tertiary/aromatic N) is 1. The van der Waals surface area contributed by atoms with Gasteiger partial charge in [0.05, 0.1) is 14.2 Å². The number of hydrogen-bond donors (Lipinski definition) is 1. The molecule has 0 aromatic heterocycles. The molecule has 1 N–H and O–H groups in total. The lowest BCUT2D eigenvalue weighted by Crippen LogP contribution is -2.09. The molecule has 78 valence electrons. The van der Waals surface area contributed by atoms with Crippen LogP contribution in [0.4, 0.5) is 0 Å². The highest BCUT2D eigenvalue weighted by Crippen LogP contribution is 2.09. The normalized spacial score (nSPS) is 11.3. The molecule has 0 aliphatic rings. The van der Waals surface area contributed by atoms with E-state index in [1.165, 1.54) is 0 Å². The van der Waals surface area contributed by atoms with Crippen molar-refractivity contribution < 1.29 is 24.2 Å². The molecule has 0 radical (unpaired) electrons. The van der Waals surface area contributed by atoms with E-state index in [0.29, 0.717) is 0 Å². The first-order valence-electron chi connectivity index (χ1n) is 3.47. The van der Waals surface area contributed by atoms with Crippen molar-refractivity contribution in [2.45, 2.75) is 6.42 Å². The van der Waals surface area contributed by atoms with E-state index in [9.17, 15) is 14.5 Å². The number of methoxy groups -OCH3 is 2. The third kappa shape index (κ3) is 3.21. The van der Waals surface area contributed by atoms with Crippen LogP contribution >= 0.6 is 0 Å². The third-order valence-electron chi connectivity index (χ3n) is 1.28. The van der Waals surface area contributed by atoms with Gasteiger partial charge in [0.2, 0.25) is 5.70 Å². The molecule has 0 aromatic carbocycles. The summed E-state index contributed by atoms with van der Waals surface area (Å²) in [5, 5.41) is 11.3. The minimum absolute atomic E-state index is 0.604. The summed E-state index contributed by atoms with van der Waals surface area (Å²) in [6.45, 7) is 0. The molecule has 0 aliphatic heterocycles. The second-order valence-corrected chi connectivity index (χ2v) is 2.13. The number of carbonyl (C=O) groups excluding carboxylic acids is 2. The molecule has 0 spiro atoms. The topological polar surface area (TPSA) is 102 Å². The first kappa shape index (κ1) is 12.1. The van der Waals surface area contributed by atoms with Crippen LogP contribution in [0, 0.1) is 4.91 Å². The maximum atomic E-state index is 10.8. The Bertz CT molecular complexity index is 282. The molecule has 7 nitrogen and oxygen atoms in total. The highest BCUT2D eigenvalue weighted by Gasteiger charge is 2.19. The molecule has 0 fully saturated rings. The highest BCUT2D eigenvalue weighted by atomic mass is 16.5. The fourth-order valence-corrected chi connectivity index (χ4v) is 0.597. The van der Waals surface area contributed by atoms with Gasteiger partial charge in [-0.1, -0.05) is 0 Å². The van der Waals surface area contributed by atoms with Crippen LogP contribution in [0.15, 0.2) is 16.6 Å². The molecule has 0 heterocycles. The van der Waals surface area contributed by atoms with E-state index >= 15 is 0 Å². The van der Waals surface area contributed by atoms with E-state index < -0.39 is 29.8 Å². The minimum Gasteiger partial charge on any atom is -0.509 e. The molecule has 7 heteroatoms. The summed E-state index contributed by atoms with van der Waals surface area (Å²) >= 11 is 0. The largest absolute Gasteiger partial charge is 0.509 e. The smallest absolute Gasteiger partial charge is 0.363 e. The number of hydrogen-bond acceptors (Lipinski definition) is 7. The van der Waals surface area contributed by atoms with Crippen molar-refractivity contribution in [3.8, 4) is 0 Å². The first-order chi connectivity index (χ1) is 6.56. The van der Waals surface area contributed by atoms with E-state index in [1.54, 1.807) is 0 Å². The molecule has 0 saturated carbocycles. The van der Waals surface area contributed by atoms with Crippen molar-refractivity contribution in [1.82, 2.24) is 0 Å². The zero-order valence-electron chi connectivity index (χ0n) is 7.64. The van der Waals surface area contributed by atoms with Gasteiger partial charge in [-0.25, -0.2) is 4.79 Å². The maximum absolute atomic E-state index is 10.8. The lowest BCUT2D eigenvalue weighted by molar-refractivity contribution is -0.140. The van der Waals surface area contributed by atoms with Crippen LogP contribution in [-0.4, -0.2) is 31.3 Å². The van der Waals surface area contributed by atoms with Gasteiger partial charge in [-0.05, 0) is 5.18 Å². The lowest BCUT2D eigenvalue weighted by atomic mass is 10.3. The Balaban J connectivity index is 4.75. The molecular weight excluding hydrogens is 194 g/mol. The zero-order valence-corrected chi connectivity index (χ0v) is 7.64. The summed E-state index contributed by atoms with van der Waals surface area (Å²) < 4.78 is 8.34. The first-order valence-corrected chi connectivity index (χ1v) is 3.47. The number of aliphatic hydroxyl groups is 1. The van der Waals surface area contributed by atoms with Gasteiger partial charge in [0.1, 0.15) is 12.2 Å². The standard InChI is InChI=1S/C7H9NO6/c1-13-5(10)3-4(9)6(8-12)7(11)14-2/h9H,3H2,1-2H3/b6-4+. The van der Waals surface area contributed by atoms with Gasteiger partial charge in [-0.2, -0.15) is 0 Å². The van der Waals surface area contributed by atoms with E-state index in [4.69, 9.17) is 5.11 Å². The molecular formula is C7H9NO6. The number of rotatable bonds is 4. The van der Waals surface area contributed by atoms with E-state index in [-0.39, 0.29) is 0 Å². The predicted molar refractivity (Wildman–Crippen MR) is 44.1 cm³/mol. The van der Waals surface area contributed by atoms with Crippen molar-refractivity contribution >= 4 is 11.9 Å². The number of aliphatic hydroxyl groups excluding tert-OH is 1. The Kier molecular flexibility index (Phi) is 4.90. The van der Waals surface area contributed by atoms with Gasteiger partial charge < -0.3 is 14.6 Å². The summed E-state index contributed by atoms with van der Waals surface area (Å²) in [7, 11) is 2.11. The van der Waals surface area contributed by atoms with Crippen molar-refractivity contribution in [3.05, 3.63) is 16.4 Å². The number of carbonyl (C=O) groups is 2. The average Bonchev–Trinajstić information content (AvgIpc) is 2.18. The van der Waals surface area contributed by atoms with Crippen LogP contribution in [0.1, 0.15) is 6.42 Å². The average molecular weight is 203 g/mol. The molecule has 0 saturated heterocycles. The monoisotopic (exact) mass is 203 g/mol. The van der Waals surface area contributed by atoms with Gasteiger partial charge in [0.15, 0.2) is 0 Å². The van der Waals surface area contributed by atoms with E-state index in [2.05, 4.69) is 14.7 Å². The molecule has 0 rings (SSSR count). The molecule has 0 unspecified atom stereocenters. The van der Waals surface area contributed by atoms with Crippen LogP contribution in [0.3, 0.4) is 0 Å². The van der Waals surface area contributed by atoms with E-state index in [1.807, 2.05) is 0 Å². The number of esters is 2. The molecule has 0 bridgehead atoms. The molecule has 0 aromatic rings. The fourth-order valence-electron chi connectivity index (χ4n) is 0.597. The number of ether oxygens (including phenoxy) is 2. The summed E-state index contributed by atoms with van der Waals surface area (Å²) in [5.74, 6) is -2.69. The molecule has 0 atom stereocenters. The highest BCUT2D eigenvalue weighted by molar-refractivity contribution is 5.89. The van der Waals surface area contributed by atoms with Gasteiger partial charge in [0, 0.05) is 0 Å². The second kappa shape index (κ2) is 5.68. The van der Waals surface area contributed by atoms with Crippen LogP contribution in [0.25, 0.3) is 0 Å². The molecule has 0 aliphatic carbocycles. The molecule has 0 amide bonds. The van der Waals surface area contributed by atoms with Crippen LogP contribution in [0.2, 0.25) is 0 Å². The Hall–Kier alpha value is -1.92. The minimum atomic E-state index is -1.11. The van der Waals surface area contributed by atoms with Gasteiger partial charge in [-0.15, -0.1) is 4.91 Å². The van der Waals surface area contributed by atoms with E-state index in [0.717, 1.165) is 14.2 Å². The Labute approximate surface area is 79.3 Å². The van der Waals surface area contributed by atoms with Crippen molar-refractivity contribution in [1.29, 1.82) is 0 Å². The summed E-state index contributed by atoms with van der Waals surface area (Å²) in [4.78, 5) is 31.5. The second-order valence-electron chi connectivity index (χ2n) is 2.13. The Morgan fingerprint density at radius 2 is 1.86 bits per heavy atom. The number of nitroso groups, excluding NO2 is 1. The van der Waals surface area contributed by atoms with Crippen molar-refractivity contribution in [2.24, 2.45) is 5.18 Å². The van der Waals surface area contributed by atoms with Crippen LogP contribution < -0.4 is 0 Å². The maximum Gasteiger partial charge on any atom is 0.363 e. The quantitative estimate of drug-likeness (QED) is 0.304. The Morgan fingerprint density at radius 1 is 1.29 bits per heavy atom. The van der Waals surface area contributed by atoms with Gasteiger partial charge in [0.25, 0.3) is 0 Å². The van der Waals surface area contributed by atoms with Crippen molar-refractivity contribution in [3.63, 3.8) is 0 Å². The molecule has 14 heavy (non-hydrogen) atoms. The fraction of sp³-hybridized carbons (Fsp3) is 0.429. The van der Waals surface area contributed by atoms with Crippen molar-refractivity contribution in [2.75, 3.05) is 14.2 Å². The SMILES string of the molecule is COC(=O)C/C(O)=C(\N=O)C(=O)OC. The zero-order chi connectivity index (χ0) is 11.1.